The molecule has 0 saturated heterocycles. The van der Waals surface area contributed by atoms with E-state index in [-0.39, 0.29) is 11.5 Å². The van der Waals surface area contributed by atoms with Crippen LogP contribution < -0.4 is 0 Å². The first-order valence-electron chi connectivity index (χ1n) is 5.73. The smallest absolute Gasteiger partial charge is 0.0790 e. The quantitative estimate of drug-likeness (QED) is 0.797. The second-order valence-corrected chi connectivity index (χ2v) is 5.18. The molecular formula is C14H22O. The van der Waals surface area contributed by atoms with Crippen LogP contribution in [0, 0.1) is 0 Å². The number of aliphatic hydroxyl groups excluding tert-OH is 1. The van der Waals surface area contributed by atoms with Gasteiger partial charge in [0.15, 0.2) is 0 Å². The molecule has 1 aromatic rings. The summed E-state index contributed by atoms with van der Waals surface area (Å²) >= 11 is 0. The van der Waals surface area contributed by atoms with E-state index in [0.717, 1.165) is 18.4 Å². The molecule has 0 unspecified atom stereocenters. The summed E-state index contributed by atoms with van der Waals surface area (Å²) in [6, 6.07) is 8.32. The lowest BCUT2D eigenvalue weighted by molar-refractivity contribution is 0.166. The minimum Gasteiger partial charge on any atom is -0.388 e. The lowest BCUT2D eigenvalue weighted by Gasteiger charge is -2.20. The Kier molecular flexibility index (Phi) is 3.92. The van der Waals surface area contributed by atoms with Gasteiger partial charge in [-0.15, -0.1) is 0 Å². The zero-order valence-corrected chi connectivity index (χ0v) is 10.2. The number of aliphatic hydroxyl groups is 1. The van der Waals surface area contributed by atoms with Gasteiger partial charge in [-0.05, 0) is 23.0 Å². The Morgan fingerprint density at radius 1 is 1.13 bits per heavy atom. The number of hydrogen-bond acceptors (Lipinski definition) is 1. The fourth-order valence-corrected chi connectivity index (χ4v) is 1.65. The van der Waals surface area contributed by atoms with Gasteiger partial charge in [0.05, 0.1) is 6.10 Å². The maximum Gasteiger partial charge on any atom is 0.0790 e. The van der Waals surface area contributed by atoms with Gasteiger partial charge in [0, 0.05) is 0 Å². The molecule has 84 valence electrons. The van der Waals surface area contributed by atoms with Crippen molar-refractivity contribution >= 4 is 0 Å². The standard InChI is InChI=1S/C14H22O/c1-5-6-13(15)11-7-9-12(10-8-11)14(2,3)4/h7-10,13,15H,5-6H2,1-4H3/t13-/m1/s1. The lowest BCUT2D eigenvalue weighted by atomic mass is 9.86. The molecule has 0 radical (unpaired) electrons. The summed E-state index contributed by atoms with van der Waals surface area (Å²) in [7, 11) is 0. The highest BCUT2D eigenvalue weighted by atomic mass is 16.3. The summed E-state index contributed by atoms with van der Waals surface area (Å²) in [5.74, 6) is 0. The van der Waals surface area contributed by atoms with Gasteiger partial charge in [-0.3, -0.25) is 0 Å². The Bertz CT molecular complexity index is 292. The third kappa shape index (κ3) is 3.35. The molecule has 1 atom stereocenters. The van der Waals surface area contributed by atoms with E-state index < -0.39 is 0 Å². The van der Waals surface area contributed by atoms with Crippen molar-refractivity contribution in [3.05, 3.63) is 35.4 Å². The van der Waals surface area contributed by atoms with Gasteiger partial charge >= 0.3 is 0 Å². The summed E-state index contributed by atoms with van der Waals surface area (Å²) < 4.78 is 0. The van der Waals surface area contributed by atoms with Crippen LogP contribution in [-0.4, -0.2) is 5.11 Å². The molecule has 1 heteroatoms. The van der Waals surface area contributed by atoms with E-state index in [9.17, 15) is 5.11 Å². The Balaban J connectivity index is 2.81. The predicted molar refractivity (Wildman–Crippen MR) is 65.0 cm³/mol. The normalized spacial score (nSPS) is 13.9. The van der Waals surface area contributed by atoms with Gasteiger partial charge in [0.1, 0.15) is 0 Å². The number of benzene rings is 1. The summed E-state index contributed by atoms with van der Waals surface area (Å²) in [5.41, 5.74) is 2.54. The van der Waals surface area contributed by atoms with Crippen molar-refractivity contribution < 1.29 is 5.11 Å². The Morgan fingerprint density at radius 2 is 1.67 bits per heavy atom. The van der Waals surface area contributed by atoms with Crippen molar-refractivity contribution in [3.63, 3.8) is 0 Å². The average Bonchev–Trinajstić information content (AvgIpc) is 2.17. The molecule has 1 rings (SSSR count). The van der Waals surface area contributed by atoms with Crippen LogP contribution in [0.3, 0.4) is 0 Å². The maximum absolute atomic E-state index is 9.81. The first-order valence-corrected chi connectivity index (χ1v) is 5.73. The monoisotopic (exact) mass is 206 g/mol. The molecule has 0 bridgehead atoms. The van der Waals surface area contributed by atoms with Crippen molar-refractivity contribution in [2.45, 2.75) is 52.1 Å². The van der Waals surface area contributed by atoms with Crippen LogP contribution in [-0.2, 0) is 5.41 Å². The third-order valence-electron chi connectivity index (χ3n) is 2.72. The number of hydrogen-bond donors (Lipinski definition) is 1. The van der Waals surface area contributed by atoms with Gasteiger partial charge in [-0.25, -0.2) is 0 Å². The molecule has 0 spiro atoms. The van der Waals surface area contributed by atoms with Crippen molar-refractivity contribution in [2.24, 2.45) is 0 Å². The number of rotatable bonds is 3. The highest BCUT2D eigenvalue weighted by Gasteiger charge is 2.14. The molecule has 0 amide bonds. The van der Waals surface area contributed by atoms with E-state index >= 15 is 0 Å². The lowest BCUT2D eigenvalue weighted by Crippen LogP contribution is -2.11. The summed E-state index contributed by atoms with van der Waals surface area (Å²) in [6.07, 6.45) is 1.56. The van der Waals surface area contributed by atoms with E-state index in [2.05, 4.69) is 39.8 Å². The molecule has 0 fully saturated rings. The molecule has 1 N–H and O–H groups in total. The topological polar surface area (TPSA) is 20.2 Å². The van der Waals surface area contributed by atoms with E-state index in [4.69, 9.17) is 0 Å². The molecule has 15 heavy (non-hydrogen) atoms. The van der Waals surface area contributed by atoms with Crippen LogP contribution in [0.1, 0.15) is 57.8 Å². The molecule has 1 aromatic carbocycles. The van der Waals surface area contributed by atoms with E-state index in [1.54, 1.807) is 0 Å². The molecule has 1 nitrogen and oxygen atoms in total. The third-order valence-corrected chi connectivity index (χ3v) is 2.72. The second-order valence-electron chi connectivity index (χ2n) is 5.18. The predicted octanol–water partition coefficient (Wildman–Crippen LogP) is 3.82. The summed E-state index contributed by atoms with van der Waals surface area (Å²) in [5, 5.41) is 9.81. The molecule has 0 heterocycles. The maximum atomic E-state index is 9.81. The molecule has 0 aliphatic carbocycles. The van der Waals surface area contributed by atoms with Crippen molar-refractivity contribution in [1.29, 1.82) is 0 Å². The Hall–Kier alpha value is -0.820. The molecular weight excluding hydrogens is 184 g/mol. The highest BCUT2D eigenvalue weighted by molar-refractivity contribution is 5.28. The first-order chi connectivity index (χ1) is 6.95. The van der Waals surface area contributed by atoms with Crippen LogP contribution in [0.25, 0.3) is 0 Å². The van der Waals surface area contributed by atoms with E-state index in [1.807, 2.05) is 12.1 Å². The minimum absolute atomic E-state index is 0.189. The molecule has 0 aliphatic rings. The zero-order chi connectivity index (χ0) is 11.5. The fraction of sp³-hybridized carbons (Fsp3) is 0.571. The SMILES string of the molecule is CCC[C@@H](O)c1ccc(C(C)(C)C)cc1. The van der Waals surface area contributed by atoms with Crippen LogP contribution in [0.4, 0.5) is 0 Å². The Morgan fingerprint density at radius 3 is 2.07 bits per heavy atom. The highest BCUT2D eigenvalue weighted by Crippen LogP contribution is 2.25. The van der Waals surface area contributed by atoms with E-state index in [0.29, 0.717) is 0 Å². The fourth-order valence-electron chi connectivity index (χ4n) is 1.65. The average molecular weight is 206 g/mol. The van der Waals surface area contributed by atoms with Crippen molar-refractivity contribution in [3.8, 4) is 0 Å². The molecule has 0 aliphatic heterocycles. The van der Waals surface area contributed by atoms with Gasteiger partial charge in [-0.1, -0.05) is 58.4 Å². The minimum atomic E-state index is -0.302. The summed E-state index contributed by atoms with van der Waals surface area (Å²) in [6.45, 7) is 8.69. The molecule has 0 saturated carbocycles. The van der Waals surface area contributed by atoms with E-state index in [1.165, 1.54) is 5.56 Å². The van der Waals surface area contributed by atoms with Crippen molar-refractivity contribution in [1.82, 2.24) is 0 Å². The summed E-state index contributed by atoms with van der Waals surface area (Å²) in [4.78, 5) is 0. The van der Waals surface area contributed by atoms with Gasteiger partial charge in [0.25, 0.3) is 0 Å². The first kappa shape index (κ1) is 12.3. The van der Waals surface area contributed by atoms with Crippen LogP contribution in [0.5, 0.6) is 0 Å². The zero-order valence-electron chi connectivity index (χ0n) is 10.2. The van der Waals surface area contributed by atoms with Crippen LogP contribution >= 0.6 is 0 Å². The Labute approximate surface area is 93.1 Å². The van der Waals surface area contributed by atoms with Crippen LogP contribution in [0.15, 0.2) is 24.3 Å². The molecule has 0 aromatic heterocycles. The van der Waals surface area contributed by atoms with Gasteiger partial charge < -0.3 is 5.11 Å². The second kappa shape index (κ2) is 4.80. The van der Waals surface area contributed by atoms with Crippen molar-refractivity contribution in [2.75, 3.05) is 0 Å². The van der Waals surface area contributed by atoms with Gasteiger partial charge in [0.2, 0.25) is 0 Å². The van der Waals surface area contributed by atoms with Crippen LogP contribution in [0.2, 0.25) is 0 Å². The largest absolute Gasteiger partial charge is 0.388 e. The van der Waals surface area contributed by atoms with Gasteiger partial charge in [-0.2, -0.15) is 0 Å².